The van der Waals surface area contributed by atoms with Gasteiger partial charge in [-0.25, -0.2) is 8.42 Å². The van der Waals surface area contributed by atoms with Crippen LogP contribution in [-0.2, 0) is 10.0 Å². The first-order valence-corrected chi connectivity index (χ1v) is 7.87. The Morgan fingerprint density at radius 3 is 2.45 bits per heavy atom. The molecule has 0 atom stereocenters. The fraction of sp³-hybridized carbons (Fsp3) is 0.0769. The van der Waals surface area contributed by atoms with Crippen molar-refractivity contribution in [2.24, 2.45) is 0 Å². The van der Waals surface area contributed by atoms with Crippen LogP contribution in [0.25, 0.3) is 0 Å². The van der Waals surface area contributed by atoms with Crippen molar-refractivity contribution in [2.75, 3.05) is 10.5 Å². The third kappa shape index (κ3) is 3.17. The molecule has 0 aliphatic rings. The molecule has 0 amide bonds. The van der Waals surface area contributed by atoms with Crippen molar-refractivity contribution >= 4 is 44.6 Å². The Morgan fingerprint density at radius 2 is 1.80 bits per heavy atom. The third-order valence-electron chi connectivity index (χ3n) is 2.72. The predicted molar refractivity (Wildman–Crippen MR) is 82.9 cm³/mol. The van der Waals surface area contributed by atoms with Gasteiger partial charge in [-0.1, -0.05) is 23.2 Å². The van der Waals surface area contributed by atoms with Crippen molar-refractivity contribution in [3.05, 3.63) is 52.0 Å². The number of benzene rings is 2. The summed E-state index contributed by atoms with van der Waals surface area (Å²) in [5.41, 5.74) is 7.12. The topological polar surface area (TPSA) is 72.2 Å². The van der Waals surface area contributed by atoms with Crippen LogP contribution in [0, 0.1) is 6.92 Å². The fourth-order valence-electron chi connectivity index (χ4n) is 1.59. The second-order valence-corrected chi connectivity index (χ2v) is 6.77. The van der Waals surface area contributed by atoms with Gasteiger partial charge in [-0.2, -0.15) is 0 Å². The lowest BCUT2D eigenvalue weighted by Crippen LogP contribution is -2.13. The van der Waals surface area contributed by atoms with E-state index in [1.807, 2.05) is 0 Å². The largest absolute Gasteiger partial charge is 0.399 e. The van der Waals surface area contributed by atoms with Crippen molar-refractivity contribution < 1.29 is 8.42 Å². The molecule has 0 heterocycles. The lowest BCUT2D eigenvalue weighted by atomic mass is 10.2. The van der Waals surface area contributed by atoms with Crippen molar-refractivity contribution in [3.63, 3.8) is 0 Å². The molecule has 0 radical (unpaired) electrons. The molecule has 0 saturated carbocycles. The Morgan fingerprint density at radius 1 is 1.10 bits per heavy atom. The van der Waals surface area contributed by atoms with E-state index in [1.54, 1.807) is 19.1 Å². The van der Waals surface area contributed by atoms with Crippen LogP contribution in [0.1, 0.15) is 5.56 Å². The molecule has 0 aliphatic heterocycles. The zero-order valence-electron chi connectivity index (χ0n) is 10.5. The van der Waals surface area contributed by atoms with Gasteiger partial charge in [0.05, 0.1) is 15.6 Å². The molecular weight excluding hydrogens is 319 g/mol. The molecule has 4 nitrogen and oxygen atoms in total. The average Bonchev–Trinajstić information content (AvgIpc) is 2.36. The molecule has 0 aromatic heterocycles. The minimum absolute atomic E-state index is 0.111. The van der Waals surface area contributed by atoms with Gasteiger partial charge < -0.3 is 5.73 Å². The van der Waals surface area contributed by atoms with Gasteiger partial charge in [0.15, 0.2) is 0 Å². The summed E-state index contributed by atoms with van der Waals surface area (Å²) in [6.45, 7) is 1.74. The predicted octanol–water partition coefficient (Wildman–Crippen LogP) is 3.68. The minimum atomic E-state index is -3.74. The monoisotopic (exact) mass is 330 g/mol. The second kappa shape index (κ2) is 5.52. The molecule has 0 saturated heterocycles. The lowest BCUT2D eigenvalue weighted by Gasteiger charge is -2.11. The molecule has 0 aliphatic carbocycles. The molecule has 0 unspecified atom stereocenters. The number of nitrogens with two attached hydrogens (primary N) is 1. The van der Waals surface area contributed by atoms with Crippen molar-refractivity contribution in [1.29, 1.82) is 0 Å². The summed E-state index contributed by atoms with van der Waals surface area (Å²) >= 11 is 11.8. The Hall–Kier alpha value is -1.43. The van der Waals surface area contributed by atoms with Gasteiger partial charge in [0.1, 0.15) is 0 Å². The molecule has 7 heteroatoms. The van der Waals surface area contributed by atoms with Crippen LogP contribution < -0.4 is 10.5 Å². The molecule has 20 heavy (non-hydrogen) atoms. The van der Waals surface area contributed by atoms with Crippen molar-refractivity contribution in [1.82, 2.24) is 0 Å². The number of nitrogens with one attached hydrogen (secondary N) is 1. The zero-order chi connectivity index (χ0) is 14.9. The van der Waals surface area contributed by atoms with Gasteiger partial charge in [0.25, 0.3) is 10.0 Å². The first kappa shape index (κ1) is 15.0. The van der Waals surface area contributed by atoms with Gasteiger partial charge in [-0.05, 0) is 48.9 Å². The lowest BCUT2D eigenvalue weighted by molar-refractivity contribution is 0.601. The highest BCUT2D eigenvalue weighted by Crippen LogP contribution is 2.28. The number of aryl methyl sites for hydroxylation is 1. The SMILES string of the molecule is Cc1cc(S(=O)(=O)Nc2cc(Cl)ccc2Cl)ccc1N. The van der Waals surface area contributed by atoms with Crippen LogP contribution in [0.4, 0.5) is 11.4 Å². The summed E-state index contributed by atoms with van der Waals surface area (Å²) in [6, 6.07) is 9.03. The van der Waals surface area contributed by atoms with Crippen LogP contribution in [-0.4, -0.2) is 8.42 Å². The van der Waals surface area contributed by atoms with E-state index in [0.29, 0.717) is 16.3 Å². The molecule has 2 rings (SSSR count). The number of hydrogen-bond acceptors (Lipinski definition) is 3. The first-order chi connectivity index (χ1) is 9.29. The summed E-state index contributed by atoms with van der Waals surface area (Å²) in [4.78, 5) is 0.111. The van der Waals surface area contributed by atoms with Gasteiger partial charge in [-0.15, -0.1) is 0 Å². The number of halogens is 2. The molecular formula is C13H12Cl2N2O2S. The standard InChI is InChI=1S/C13H12Cl2N2O2S/c1-8-6-10(3-5-12(8)16)20(18,19)17-13-7-9(14)2-4-11(13)15/h2-7,17H,16H2,1H3. The summed E-state index contributed by atoms with van der Waals surface area (Å²) in [5.74, 6) is 0. The van der Waals surface area contributed by atoms with E-state index in [2.05, 4.69) is 4.72 Å². The molecule has 0 fully saturated rings. The van der Waals surface area contributed by atoms with Crippen LogP contribution in [0.2, 0.25) is 10.0 Å². The zero-order valence-corrected chi connectivity index (χ0v) is 12.9. The normalized spacial score (nSPS) is 11.3. The maximum absolute atomic E-state index is 12.3. The number of rotatable bonds is 3. The van der Waals surface area contributed by atoms with E-state index in [0.717, 1.165) is 0 Å². The number of nitrogen functional groups attached to an aromatic ring is 1. The molecule has 106 valence electrons. The van der Waals surface area contributed by atoms with E-state index in [9.17, 15) is 8.42 Å². The first-order valence-electron chi connectivity index (χ1n) is 5.63. The highest BCUT2D eigenvalue weighted by Gasteiger charge is 2.16. The smallest absolute Gasteiger partial charge is 0.261 e. The van der Waals surface area contributed by atoms with E-state index < -0.39 is 10.0 Å². The number of anilines is 2. The van der Waals surface area contributed by atoms with Gasteiger partial charge in [0, 0.05) is 10.7 Å². The van der Waals surface area contributed by atoms with Crippen LogP contribution >= 0.6 is 23.2 Å². The van der Waals surface area contributed by atoms with Gasteiger partial charge in [0.2, 0.25) is 0 Å². The molecule has 2 aromatic carbocycles. The second-order valence-electron chi connectivity index (χ2n) is 4.25. The summed E-state index contributed by atoms with van der Waals surface area (Å²) < 4.78 is 27.0. The maximum Gasteiger partial charge on any atom is 0.261 e. The number of hydrogen-bond donors (Lipinski definition) is 2. The summed E-state index contributed by atoms with van der Waals surface area (Å²) in [6.07, 6.45) is 0. The Labute approximate surface area is 127 Å². The van der Waals surface area contributed by atoms with Crippen LogP contribution in [0.15, 0.2) is 41.3 Å². The third-order valence-corrected chi connectivity index (χ3v) is 4.65. The summed E-state index contributed by atoms with van der Waals surface area (Å²) in [5, 5.41) is 0.658. The molecule has 0 spiro atoms. The van der Waals surface area contributed by atoms with E-state index in [4.69, 9.17) is 28.9 Å². The fourth-order valence-corrected chi connectivity index (χ4v) is 3.14. The quantitative estimate of drug-likeness (QED) is 0.843. The Kier molecular flexibility index (Phi) is 4.13. The molecule has 3 N–H and O–H groups in total. The van der Waals surface area contributed by atoms with Crippen LogP contribution in [0.5, 0.6) is 0 Å². The van der Waals surface area contributed by atoms with E-state index in [-0.39, 0.29) is 15.6 Å². The van der Waals surface area contributed by atoms with Crippen molar-refractivity contribution in [3.8, 4) is 0 Å². The number of sulfonamides is 1. The van der Waals surface area contributed by atoms with Gasteiger partial charge in [-0.3, -0.25) is 4.72 Å². The maximum atomic E-state index is 12.3. The van der Waals surface area contributed by atoms with E-state index in [1.165, 1.54) is 24.3 Å². The highest BCUT2D eigenvalue weighted by atomic mass is 35.5. The Bertz CT molecular complexity index is 761. The van der Waals surface area contributed by atoms with Crippen molar-refractivity contribution in [2.45, 2.75) is 11.8 Å². The Balaban J connectivity index is 2.40. The van der Waals surface area contributed by atoms with Gasteiger partial charge >= 0.3 is 0 Å². The van der Waals surface area contributed by atoms with Crippen LogP contribution in [0.3, 0.4) is 0 Å². The van der Waals surface area contributed by atoms with E-state index >= 15 is 0 Å². The average molecular weight is 331 g/mol. The molecule has 0 bridgehead atoms. The highest BCUT2D eigenvalue weighted by molar-refractivity contribution is 7.92. The molecule has 2 aromatic rings. The summed E-state index contributed by atoms with van der Waals surface area (Å²) in [7, 11) is -3.74. The minimum Gasteiger partial charge on any atom is -0.399 e.